The lowest BCUT2D eigenvalue weighted by Crippen LogP contribution is -2.60. The van der Waals surface area contributed by atoms with Crippen LogP contribution in [0.4, 0.5) is 0 Å². The Balaban J connectivity index is 1.76. The van der Waals surface area contributed by atoms with Gasteiger partial charge in [-0.3, -0.25) is 9.59 Å². The van der Waals surface area contributed by atoms with E-state index < -0.39 is 40.5 Å². The van der Waals surface area contributed by atoms with E-state index in [1.807, 2.05) is 27.7 Å². The third kappa shape index (κ3) is 9.43. The SMILES string of the molecule is COc1ccc(C(O)(c2ccc(OC)cc2)C(CC(C)C)NC(=O)C(C)(C)C(=O)NC(CC(C)C)C(O)(c2ccc(OC)cc2)c2ccc(OC)cc2)cc1. The van der Waals surface area contributed by atoms with Crippen LogP contribution in [0.2, 0.25) is 0 Å². The molecular weight excluding hydrogens is 697 g/mol. The lowest BCUT2D eigenvalue weighted by atomic mass is 9.75. The van der Waals surface area contributed by atoms with Crippen LogP contribution in [0.5, 0.6) is 23.0 Å². The molecule has 0 saturated carbocycles. The summed E-state index contributed by atoms with van der Waals surface area (Å²) in [6, 6.07) is 26.5. The van der Waals surface area contributed by atoms with Crippen molar-refractivity contribution >= 4 is 11.8 Å². The minimum absolute atomic E-state index is 0.0460. The first-order chi connectivity index (χ1) is 26.0. The maximum Gasteiger partial charge on any atom is 0.235 e. The molecule has 0 radical (unpaired) electrons. The first-order valence-electron chi connectivity index (χ1n) is 18.7. The van der Waals surface area contributed by atoms with Crippen LogP contribution < -0.4 is 29.6 Å². The van der Waals surface area contributed by atoms with Crippen LogP contribution in [0, 0.1) is 17.3 Å². The summed E-state index contributed by atoms with van der Waals surface area (Å²) in [5, 5.41) is 32.0. The number of ether oxygens (including phenoxy) is 4. The molecule has 55 heavy (non-hydrogen) atoms. The van der Waals surface area contributed by atoms with Crippen molar-refractivity contribution in [1.82, 2.24) is 10.6 Å². The van der Waals surface area contributed by atoms with Crippen molar-refractivity contribution in [1.29, 1.82) is 0 Å². The Morgan fingerprint density at radius 3 is 0.891 bits per heavy atom. The largest absolute Gasteiger partial charge is 0.497 e. The monoisotopic (exact) mass is 754 g/mol. The van der Waals surface area contributed by atoms with Crippen LogP contribution in [0.25, 0.3) is 0 Å². The molecule has 10 nitrogen and oxygen atoms in total. The lowest BCUT2D eigenvalue weighted by Gasteiger charge is -2.41. The fourth-order valence-corrected chi connectivity index (χ4v) is 6.91. The minimum atomic E-state index is -1.71. The number of carbonyl (C=O) groups excluding carboxylic acids is 2. The van der Waals surface area contributed by atoms with Gasteiger partial charge in [0.1, 0.15) is 39.6 Å². The Morgan fingerprint density at radius 1 is 0.491 bits per heavy atom. The molecule has 2 amide bonds. The maximum atomic E-state index is 14.5. The Hall–Kier alpha value is -5.06. The van der Waals surface area contributed by atoms with Gasteiger partial charge < -0.3 is 39.8 Å². The second kappa shape index (κ2) is 18.0. The van der Waals surface area contributed by atoms with Crippen molar-refractivity contribution in [3.05, 3.63) is 119 Å². The van der Waals surface area contributed by atoms with Crippen molar-refractivity contribution in [3.63, 3.8) is 0 Å². The molecule has 0 spiro atoms. The summed E-state index contributed by atoms with van der Waals surface area (Å²) in [6.07, 6.45) is 0.755. The number of rotatable bonds is 18. The van der Waals surface area contributed by atoms with Gasteiger partial charge in [-0.15, -0.1) is 0 Å². The summed E-state index contributed by atoms with van der Waals surface area (Å²) in [5.41, 5.74) is -2.94. The number of methoxy groups -OCH3 is 4. The second-order valence-electron chi connectivity index (χ2n) is 15.4. The molecule has 0 aliphatic carbocycles. The average molecular weight is 755 g/mol. The van der Waals surface area contributed by atoms with Crippen LogP contribution in [0.1, 0.15) is 76.6 Å². The number of amides is 2. The number of aliphatic hydroxyl groups is 2. The van der Waals surface area contributed by atoms with Crippen molar-refractivity contribution in [3.8, 4) is 23.0 Å². The summed E-state index contributed by atoms with van der Waals surface area (Å²) >= 11 is 0. The molecule has 0 heterocycles. The molecule has 4 rings (SSSR count). The molecule has 0 aliphatic rings. The van der Waals surface area contributed by atoms with E-state index in [1.165, 1.54) is 0 Å². The highest BCUT2D eigenvalue weighted by molar-refractivity contribution is 6.04. The smallest absolute Gasteiger partial charge is 0.235 e. The van der Waals surface area contributed by atoms with E-state index in [-0.39, 0.29) is 11.8 Å². The summed E-state index contributed by atoms with van der Waals surface area (Å²) in [7, 11) is 6.28. The molecule has 0 fully saturated rings. The zero-order valence-electron chi connectivity index (χ0n) is 33.8. The highest BCUT2D eigenvalue weighted by Crippen LogP contribution is 2.40. The fraction of sp³-hybridized carbons (Fsp3) is 0.422. The van der Waals surface area contributed by atoms with Crippen molar-refractivity contribution in [2.24, 2.45) is 17.3 Å². The third-order valence-electron chi connectivity index (χ3n) is 10.3. The molecular formula is C45H58N2O8. The van der Waals surface area contributed by atoms with Gasteiger partial charge in [0.2, 0.25) is 11.8 Å². The van der Waals surface area contributed by atoms with Gasteiger partial charge in [0, 0.05) is 0 Å². The summed E-state index contributed by atoms with van der Waals surface area (Å²) in [6.45, 7) is 11.1. The number of benzene rings is 4. The number of nitrogens with one attached hydrogen (secondary N) is 2. The minimum Gasteiger partial charge on any atom is -0.497 e. The molecule has 0 bridgehead atoms. The number of carbonyl (C=O) groups is 2. The first-order valence-corrected chi connectivity index (χ1v) is 18.7. The van der Waals surface area contributed by atoms with Crippen LogP contribution in [-0.4, -0.2) is 62.6 Å². The fourth-order valence-electron chi connectivity index (χ4n) is 6.91. The van der Waals surface area contributed by atoms with E-state index in [9.17, 15) is 19.8 Å². The average Bonchev–Trinajstić information content (AvgIpc) is 3.19. The van der Waals surface area contributed by atoms with E-state index in [0.29, 0.717) is 58.1 Å². The highest BCUT2D eigenvalue weighted by Gasteiger charge is 2.48. The molecule has 2 atom stereocenters. The second-order valence-corrected chi connectivity index (χ2v) is 15.4. The Kier molecular flexibility index (Phi) is 14.0. The number of hydrogen-bond acceptors (Lipinski definition) is 8. The Bertz CT molecular complexity index is 1610. The topological polar surface area (TPSA) is 136 Å². The van der Waals surface area contributed by atoms with Gasteiger partial charge in [0.15, 0.2) is 0 Å². The molecule has 0 aliphatic heterocycles. The van der Waals surface area contributed by atoms with Crippen LogP contribution >= 0.6 is 0 Å². The molecule has 0 saturated heterocycles. The predicted molar refractivity (Wildman–Crippen MR) is 215 cm³/mol. The molecule has 296 valence electrons. The van der Waals surface area contributed by atoms with Gasteiger partial charge >= 0.3 is 0 Å². The van der Waals surface area contributed by atoms with Crippen LogP contribution in [0.15, 0.2) is 97.1 Å². The molecule has 4 N–H and O–H groups in total. The Labute approximate surface area is 326 Å². The molecule has 0 aromatic heterocycles. The molecule has 10 heteroatoms. The van der Waals surface area contributed by atoms with E-state index in [1.54, 1.807) is 139 Å². The number of hydrogen-bond donors (Lipinski definition) is 4. The van der Waals surface area contributed by atoms with Crippen LogP contribution in [-0.2, 0) is 20.8 Å². The third-order valence-corrected chi connectivity index (χ3v) is 10.3. The van der Waals surface area contributed by atoms with Gasteiger partial charge in [0.25, 0.3) is 0 Å². The van der Waals surface area contributed by atoms with Gasteiger partial charge in [-0.05, 0) is 109 Å². The normalized spacial score (nSPS) is 13.2. The first kappa shape index (κ1) is 42.7. The Morgan fingerprint density at radius 2 is 0.709 bits per heavy atom. The molecule has 2 unspecified atom stereocenters. The van der Waals surface area contributed by atoms with Crippen molar-refractivity contribution in [2.75, 3.05) is 28.4 Å². The van der Waals surface area contributed by atoms with Gasteiger partial charge in [0.05, 0.1) is 40.5 Å². The zero-order valence-corrected chi connectivity index (χ0v) is 33.8. The molecule has 4 aromatic carbocycles. The van der Waals surface area contributed by atoms with E-state index in [4.69, 9.17) is 18.9 Å². The quantitative estimate of drug-likeness (QED) is 0.0800. The van der Waals surface area contributed by atoms with Gasteiger partial charge in [-0.2, -0.15) is 0 Å². The van der Waals surface area contributed by atoms with E-state index in [2.05, 4.69) is 10.6 Å². The zero-order chi connectivity index (χ0) is 40.6. The van der Waals surface area contributed by atoms with Crippen LogP contribution in [0.3, 0.4) is 0 Å². The van der Waals surface area contributed by atoms with Crippen molar-refractivity contribution in [2.45, 2.75) is 77.7 Å². The van der Waals surface area contributed by atoms with E-state index >= 15 is 0 Å². The lowest BCUT2D eigenvalue weighted by molar-refractivity contribution is -0.144. The highest BCUT2D eigenvalue weighted by atomic mass is 16.5. The summed E-state index contributed by atoms with van der Waals surface area (Å²) < 4.78 is 21.6. The van der Waals surface area contributed by atoms with E-state index in [0.717, 1.165) is 0 Å². The standard InChI is InChI=1S/C45H58N2O8/c1-29(2)27-39(44(50,31-11-19-35(52-7)20-12-31)32-13-21-36(53-8)22-14-32)46-41(48)43(5,6)42(49)47-40(28-30(3)4)45(51,33-15-23-37(54-9)24-16-33)34-17-25-38(55-10)26-18-34/h11-26,29-30,39-40,50-51H,27-28H2,1-10H3,(H,46,48)(H,47,49). The van der Waals surface area contributed by atoms with Gasteiger partial charge in [-0.1, -0.05) is 76.2 Å². The predicted octanol–water partition coefficient (Wildman–Crippen LogP) is 6.98. The van der Waals surface area contributed by atoms with Gasteiger partial charge in [-0.25, -0.2) is 0 Å². The summed E-state index contributed by atoms with van der Waals surface area (Å²) in [5.74, 6) is 1.38. The molecule has 4 aromatic rings. The summed E-state index contributed by atoms with van der Waals surface area (Å²) in [4.78, 5) is 29.1. The maximum absolute atomic E-state index is 14.5. The van der Waals surface area contributed by atoms with Crippen molar-refractivity contribution < 1.29 is 38.7 Å².